The Morgan fingerprint density at radius 2 is 1.92 bits per heavy atom. The Morgan fingerprint density at radius 3 is 2.54 bits per heavy atom. The number of hydrogen-bond donors (Lipinski definition) is 1. The fourth-order valence-electron chi connectivity index (χ4n) is 2.70. The van der Waals surface area contributed by atoms with Gasteiger partial charge in [-0.3, -0.25) is 0 Å². The molecular weight excluding hydrogens is 338 g/mol. The average molecular weight is 354 g/mol. The first-order valence-corrected chi connectivity index (χ1v) is 8.94. The molecule has 0 saturated carbocycles. The Hall–Kier alpha value is -2.22. The zero-order valence-corrected chi connectivity index (χ0v) is 15.0. The third-order valence-corrected chi connectivity index (χ3v) is 4.98. The van der Waals surface area contributed by atoms with E-state index in [1.165, 1.54) is 11.8 Å². The van der Waals surface area contributed by atoms with E-state index in [9.17, 15) is 5.26 Å². The molecule has 0 spiro atoms. The predicted octanol–water partition coefficient (Wildman–Crippen LogP) is 5.43. The summed E-state index contributed by atoms with van der Waals surface area (Å²) in [5.41, 5.74) is 10.9. The number of nitrogens with two attached hydrogens (primary N) is 1. The quantitative estimate of drug-likeness (QED) is 0.503. The summed E-state index contributed by atoms with van der Waals surface area (Å²) in [6, 6.07) is 13.9. The van der Waals surface area contributed by atoms with Gasteiger partial charge in [-0.1, -0.05) is 48.4 Å². The zero-order chi connectivity index (χ0) is 17.3. The summed E-state index contributed by atoms with van der Waals surface area (Å²) in [4.78, 5) is 4.63. The number of thioether (sulfide) groups is 1. The maximum absolute atomic E-state index is 9.78. The lowest BCUT2D eigenvalue weighted by molar-refractivity contribution is 1.16. The van der Waals surface area contributed by atoms with Crippen molar-refractivity contribution in [3.63, 3.8) is 0 Å². The average Bonchev–Trinajstić information content (AvgIpc) is 2.58. The van der Waals surface area contributed by atoms with Crippen molar-refractivity contribution in [3.05, 3.63) is 52.5 Å². The van der Waals surface area contributed by atoms with Crippen LogP contribution in [0.2, 0.25) is 5.02 Å². The lowest BCUT2D eigenvalue weighted by Crippen LogP contribution is -1.99. The molecule has 0 unspecified atom stereocenters. The molecule has 0 amide bonds. The standard InChI is InChI=1S/C19H16ClN3S/c1-3-24-19-13(10-21)16(12-6-4-11(2)5-7-12)17-15(22)9-8-14(20)18(17)23-19/h4-9H,3,22H2,1-2H3. The fraction of sp³-hybridized carbons (Fsp3) is 0.158. The molecule has 0 radical (unpaired) electrons. The van der Waals surface area contributed by atoms with Gasteiger partial charge in [0.2, 0.25) is 0 Å². The summed E-state index contributed by atoms with van der Waals surface area (Å²) < 4.78 is 0. The fourth-order valence-corrected chi connectivity index (χ4v) is 3.62. The molecule has 24 heavy (non-hydrogen) atoms. The van der Waals surface area contributed by atoms with Crippen molar-refractivity contribution in [2.45, 2.75) is 18.9 Å². The molecular formula is C19H16ClN3S. The van der Waals surface area contributed by atoms with Crippen molar-refractivity contribution in [3.8, 4) is 17.2 Å². The van der Waals surface area contributed by atoms with Crippen LogP contribution in [0, 0.1) is 18.3 Å². The predicted molar refractivity (Wildman–Crippen MR) is 102 cm³/mol. The Labute approximate surface area is 150 Å². The molecule has 0 atom stereocenters. The molecule has 0 saturated heterocycles. The number of rotatable bonds is 3. The van der Waals surface area contributed by atoms with Crippen molar-refractivity contribution in [1.82, 2.24) is 4.98 Å². The number of nitrogens with zero attached hydrogens (tertiary/aromatic N) is 2. The van der Waals surface area contributed by atoms with E-state index in [-0.39, 0.29) is 0 Å². The molecule has 0 aliphatic heterocycles. The summed E-state index contributed by atoms with van der Waals surface area (Å²) in [5.74, 6) is 0.820. The van der Waals surface area contributed by atoms with Crippen LogP contribution in [0.3, 0.4) is 0 Å². The molecule has 3 rings (SSSR count). The van der Waals surface area contributed by atoms with Gasteiger partial charge in [-0.2, -0.15) is 5.26 Å². The van der Waals surface area contributed by atoms with E-state index in [0.29, 0.717) is 26.8 Å². The molecule has 0 fully saturated rings. The van der Waals surface area contributed by atoms with Gasteiger partial charge in [-0.25, -0.2) is 4.98 Å². The van der Waals surface area contributed by atoms with Gasteiger partial charge in [0, 0.05) is 16.6 Å². The van der Waals surface area contributed by atoms with Crippen molar-refractivity contribution in [2.75, 3.05) is 11.5 Å². The van der Waals surface area contributed by atoms with Crippen LogP contribution in [0.4, 0.5) is 5.69 Å². The van der Waals surface area contributed by atoms with Crippen LogP contribution >= 0.6 is 23.4 Å². The molecule has 1 aromatic heterocycles. The molecule has 3 nitrogen and oxygen atoms in total. The molecule has 1 heterocycles. The summed E-state index contributed by atoms with van der Waals surface area (Å²) in [6.07, 6.45) is 0. The molecule has 0 aliphatic carbocycles. The third-order valence-electron chi connectivity index (χ3n) is 3.82. The second kappa shape index (κ2) is 6.72. The minimum absolute atomic E-state index is 0.537. The lowest BCUT2D eigenvalue weighted by Gasteiger charge is -2.15. The molecule has 3 aromatic rings. The van der Waals surface area contributed by atoms with Crippen LogP contribution in [0.25, 0.3) is 22.0 Å². The SMILES string of the molecule is CCSc1nc2c(Cl)ccc(N)c2c(-c2ccc(C)cc2)c1C#N. The smallest absolute Gasteiger partial charge is 0.115 e. The van der Waals surface area contributed by atoms with Crippen LogP contribution in [0.5, 0.6) is 0 Å². The molecule has 5 heteroatoms. The van der Waals surface area contributed by atoms with E-state index in [0.717, 1.165) is 27.8 Å². The summed E-state index contributed by atoms with van der Waals surface area (Å²) in [6.45, 7) is 4.06. The lowest BCUT2D eigenvalue weighted by atomic mass is 9.95. The van der Waals surface area contributed by atoms with Gasteiger partial charge in [0.05, 0.1) is 16.1 Å². The number of halogens is 1. The summed E-state index contributed by atoms with van der Waals surface area (Å²) in [7, 11) is 0. The van der Waals surface area contributed by atoms with Crippen molar-refractivity contribution < 1.29 is 0 Å². The number of pyridine rings is 1. The van der Waals surface area contributed by atoms with Crippen LogP contribution < -0.4 is 5.73 Å². The number of benzene rings is 2. The second-order valence-corrected chi connectivity index (χ2v) is 7.10. The van der Waals surface area contributed by atoms with Crippen LogP contribution in [-0.2, 0) is 0 Å². The first kappa shape index (κ1) is 16.6. The Morgan fingerprint density at radius 1 is 1.21 bits per heavy atom. The number of fused-ring (bicyclic) bond motifs is 1. The summed E-state index contributed by atoms with van der Waals surface area (Å²) in [5, 5.41) is 11.8. The van der Waals surface area contributed by atoms with E-state index in [1.807, 2.05) is 38.1 Å². The van der Waals surface area contributed by atoms with Crippen molar-refractivity contribution >= 4 is 40.0 Å². The molecule has 120 valence electrons. The molecule has 0 bridgehead atoms. The van der Waals surface area contributed by atoms with Gasteiger partial charge >= 0.3 is 0 Å². The molecule has 2 N–H and O–H groups in total. The van der Waals surface area contributed by atoms with Gasteiger partial charge in [-0.05, 0) is 30.4 Å². The number of aryl methyl sites for hydroxylation is 1. The number of aromatic nitrogens is 1. The van der Waals surface area contributed by atoms with E-state index in [1.54, 1.807) is 12.1 Å². The number of nitrogen functional groups attached to an aromatic ring is 1. The highest BCUT2D eigenvalue weighted by molar-refractivity contribution is 7.99. The van der Waals surface area contributed by atoms with Gasteiger partial charge in [-0.15, -0.1) is 11.8 Å². The Bertz CT molecular complexity index is 959. The highest BCUT2D eigenvalue weighted by atomic mass is 35.5. The van der Waals surface area contributed by atoms with Gasteiger partial charge in [0.1, 0.15) is 11.1 Å². The Kier molecular flexibility index (Phi) is 4.66. The van der Waals surface area contributed by atoms with Crippen molar-refractivity contribution in [2.24, 2.45) is 0 Å². The minimum Gasteiger partial charge on any atom is -0.398 e. The maximum Gasteiger partial charge on any atom is 0.115 e. The van der Waals surface area contributed by atoms with Crippen LogP contribution in [0.1, 0.15) is 18.1 Å². The first-order chi connectivity index (χ1) is 11.6. The van der Waals surface area contributed by atoms with Crippen LogP contribution in [-0.4, -0.2) is 10.7 Å². The normalized spacial score (nSPS) is 10.8. The van der Waals surface area contributed by atoms with Crippen LogP contribution in [0.15, 0.2) is 41.4 Å². The van der Waals surface area contributed by atoms with E-state index >= 15 is 0 Å². The van der Waals surface area contributed by atoms with Gasteiger partial charge in [0.15, 0.2) is 0 Å². The largest absolute Gasteiger partial charge is 0.398 e. The van der Waals surface area contributed by atoms with E-state index in [4.69, 9.17) is 17.3 Å². The molecule has 0 aliphatic rings. The third kappa shape index (κ3) is 2.82. The van der Waals surface area contributed by atoms with Gasteiger partial charge < -0.3 is 5.73 Å². The van der Waals surface area contributed by atoms with Crippen molar-refractivity contribution in [1.29, 1.82) is 5.26 Å². The van der Waals surface area contributed by atoms with Gasteiger partial charge in [0.25, 0.3) is 0 Å². The highest BCUT2D eigenvalue weighted by Gasteiger charge is 2.20. The van der Waals surface area contributed by atoms with E-state index < -0.39 is 0 Å². The van der Waals surface area contributed by atoms with E-state index in [2.05, 4.69) is 11.1 Å². The highest BCUT2D eigenvalue weighted by Crippen LogP contribution is 2.40. The number of hydrogen-bond acceptors (Lipinski definition) is 4. The molecule has 2 aromatic carbocycles. The maximum atomic E-state index is 9.78. The number of nitriles is 1. The summed E-state index contributed by atoms with van der Waals surface area (Å²) >= 11 is 7.91. The monoisotopic (exact) mass is 353 g/mol. The minimum atomic E-state index is 0.537. The first-order valence-electron chi connectivity index (χ1n) is 7.58. The second-order valence-electron chi connectivity index (χ2n) is 5.44. The topological polar surface area (TPSA) is 62.7 Å². The number of anilines is 1. The Balaban J connectivity index is 2.49. The zero-order valence-electron chi connectivity index (χ0n) is 13.4.